The van der Waals surface area contributed by atoms with E-state index >= 15 is 0 Å². The van der Waals surface area contributed by atoms with Gasteiger partial charge in [0.2, 0.25) is 0 Å². The van der Waals surface area contributed by atoms with Crippen LogP contribution >= 0.6 is 11.3 Å². The van der Waals surface area contributed by atoms with Gasteiger partial charge in [0.1, 0.15) is 0 Å². The molecule has 0 radical (unpaired) electrons. The van der Waals surface area contributed by atoms with Crippen molar-refractivity contribution in [3.63, 3.8) is 0 Å². The SMILES string of the molecule is CC(C)(C)NCc1ccn(Cc2cncs2)n1. The Bertz CT molecular complexity index is 453. The molecule has 0 atom stereocenters. The van der Waals surface area contributed by atoms with Crippen molar-refractivity contribution in [2.24, 2.45) is 0 Å². The fraction of sp³-hybridized carbons (Fsp3) is 0.500. The van der Waals surface area contributed by atoms with Crippen molar-refractivity contribution in [3.8, 4) is 0 Å². The third-order valence-electron chi connectivity index (χ3n) is 2.30. The summed E-state index contributed by atoms with van der Waals surface area (Å²) in [4.78, 5) is 5.28. The Morgan fingerprint density at radius 3 is 2.88 bits per heavy atom. The lowest BCUT2D eigenvalue weighted by atomic mass is 10.1. The Balaban J connectivity index is 1.92. The summed E-state index contributed by atoms with van der Waals surface area (Å²) < 4.78 is 1.95. The molecule has 0 aliphatic rings. The van der Waals surface area contributed by atoms with E-state index in [-0.39, 0.29) is 5.54 Å². The summed E-state index contributed by atoms with van der Waals surface area (Å²) in [6.07, 6.45) is 3.90. The summed E-state index contributed by atoms with van der Waals surface area (Å²) in [5.74, 6) is 0. The van der Waals surface area contributed by atoms with Crippen LogP contribution < -0.4 is 5.32 Å². The molecule has 1 N–H and O–H groups in total. The second kappa shape index (κ2) is 4.98. The number of nitrogens with one attached hydrogen (secondary N) is 1. The number of hydrogen-bond acceptors (Lipinski definition) is 4. The van der Waals surface area contributed by atoms with E-state index in [2.05, 4.69) is 42.2 Å². The Kier molecular flexibility index (Phi) is 3.59. The van der Waals surface area contributed by atoms with Gasteiger partial charge in [0, 0.05) is 29.4 Å². The predicted octanol–water partition coefficient (Wildman–Crippen LogP) is 2.28. The molecule has 0 saturated carbocycles. The number of aromatic nitrogens is 3. The van der Waals surface area contributed by atoms with Crippen molar-refractivity contribution >= 4 is 11.3 Å². The second-order valence-corrected chi connectivity index (χ2v) is 6.05. The van der Waals surface area contributed by atoms with Crippen LogP contribution in [0.15, 0.2) is 24.0 Å². The topological polar surface area (TPSA) is 42.7 Å². The molecule has 0 saturated heterocycles. The molecule has 0 amide bonds. The van der Waals surface area contributed by atoms with Gasteiger partial charge in [-0.25, -0.2) is 0 Å². The highest BCUT2D eigenvalue weighted by molar-refractivity contribution is 7.09. The van der Waals surface area contributed by atoms with Gasteiger partial charge in [-0.1, -0.05) is 0 Å². The lowest BCUT2D eigenvalue weighted by Gasteiger charge is -2.19. The quantitative estimate of drug-likeness (QED) is 0.905. The van der Waals surface area contributed by atoms with E-state index in [1.807, 2.05) is 22.6 Å². The Morgan fingerprint density at radius 1 is 1.41 bits per heavy atom. The molecule has 2 aromatic rings. The zero-order chi connectivity index (χ0) is 12.3. The van der Waals surface area contributed by atoms with Gasteiger partial charge >= 0.3 is 0 Å². The van der Waals surface area contributed by atoms with Crippen molar-refractivity contribution in [1.82, 2.24) is 20.1 Å². The summed E-state index contributed by atoms with van der Waals surface area (Å²) in [6, 6.07) is 2.06. The first-order chi connectivity index (χ1) is 8.03. The molecule has 0 aliphatic heterocycles. The van der Waals surface area contributed by atoms with Gasteiger partial charge in [0.25, 0.3) is 0 Å². The lowest BCUT2D eigenvalue weighted by Crippen LogP contribution is -2.35. The summed E-state index contributed by atoms with van der Waals surface area (Å²) in [6.45, 7) is 8.07. The maximum atomic E-state index is 4.52. The van der Waals surface area contributed by atoms with Gasteiger partial charge in [-0.15, -0.1) is 11.3 Å². The molecule has 2 heterocycles. The first-order valence-corrected chi connectivity index (χ1v) is 6.56. The summed E-state index contributed by atoms with van der Waals surface area (Å²) in [7, 11) is 0. The highest BCUT2D eigenvalue weighted by Gasteiger charge is 2.09. The lowest BCUT2D eigenvalue weighted by molar-refractivity contribution is 0.419. The van der Waals surface area contributed by atoms with Crippen molar-refractivity contribution in [1.29, 1.82) is 0 Å². The van der Waals surface area contributed by atoms with E-state index in [4.69, 9.17) is 0 Å². The minimum atomic E-state index is 0.126. The maximum absolute atomic E-state index is 4.52. The van der Waals surface area contributed by atoms with Crippen molar-refractivity contribution < 1.29 is 0 Å². The molecular formula is C12H18N4S. The fourth-order valence-electron chi connectivity index (χ4n) is 1.42. The zero-order valence-corrected chi connectivity index (χ0v) is 11.3. The average Bonchev–Trinajstić information content (AvgIpc) is 2.86. The van der Waals surface area contributed by atoms with Crippen molar-refractivity contribution in [2.75, 3.05) is 0 Å². The molecule has 0 unspecified atom stereocenters. The molecule has 0 fully saturated rings. The van der Waals surface area contributed by atoms with Crippen LogP contribution in [0.1, 0.15) is 31.3 Å². The van der Waals surface area contributed by atoms with Crippen LogP contribution in [0.5, 0.6) is 0 Å². The van der Waals surface area contributed by atoms with Crippen LogP contribution in [0.4, 0.5) is 0 Å². The molecule has 0 spiro atoms. The first-order valence-electron chi connectivity index (χ1n) is 5.68. The smallest absolute Gasteiger partial charge is 0.0794 e. The Hall–Kier alpha value is -1.20. The van der Waals surface area contributed by atoms with Gasteiger partial charge in [-0.05, 0) is 26.8 Å². The number of nitrogens with zero attached hydrogens (tertiary/aromatic N) is 3. The van der Waals surface area contributed by atoms with Gasteiger partial charge in [0.15, 0.2) is 0 Å². The minimum Gasteiger partial charge on any atom is -0.306 e. The summed E-state index contributed by atoms with van der Waals surface area (Å²) in [5, 5.41) is 7.95. The molecule has 0 aliphatic carbocycles. The van der Waals surface area contributed by atoms with E-state index in [0.29, 0.717) is 0 Å². The number of hydrogen-bond donors (Lipinski definition) is 1. The summed E-state index contributed by atoms with van der Waals surface area (Å²) in [5.41, 5.74) is 3.05. The molecule has 0 aromatic carbocycles. The van der Waals surface area contributed by atoms with Gasteiger partial charge in [0.05, 0.1) is 17.7 Å². The van der Waals surface area contributed by atoms with Crippen LogP contribution in [0, 0.1) is 0 Å². The summed E-state index contributed by atoms with van der Waals surface area (Å²) >= 11 is 1.66. The Labute approximate surface area is 106 Å². The van der Waals surface area contributed by atoms with Gasteiger partial charge in [-0.2, -0.15) is 5.10 Å². The maximum Gasteiger partial charge on any atom is 0.0794 e. The van der Waals surface area contributed by atoms with Crippen LogP contribution in [0.3, 0.4) is 0 Å². The largest absolute Gasteiger partial charge is 0.306 e. The third kappa shape index (κ3) is 3.94. The number of rotatable bonds is 4. The average molecular weight is 250 g/mol. The predicted molar refractivity (Wildman–Crippen MR) is 70.0 cm³/mol. The molecule has 17 heavy (non-hydrogen) atoms. The van der Waals surface area contributed by atoms with Crippen LogP contribution in [0.25, 0.3) is 0 Å². The second-order valence-electron chi connectivity index (χ2n) is 5.08. The fourth-order valence-corrected chi connectivity index (χ4v) is 2.01. The van der Waals surface area contributed by atoms with Gasteiger partial charge in [-0.3, -0.25) is 9.67 Å². The molecule has 92 valence electrons. The van der Waals surface area contributed by atoms with Crippen LogP contribution in [0.2, 0.25) is 0 Å². The monoisotopic (exact) mass is 250 g/mol. The molecular weight excluding hydrogens is 232 g/mol. The highest BCUT2D eigenvalue weighted by atomic mass is 32.1. The minimum absolute atomic E-state index is 0.126. The van der Waals surface area contributed by atoms with E-state index in [1.54, 1.807) is 11.3 Å². The highest BCUT2D eigenvalue weighted by Crippen LogP contribution is 2.08. The molecule has 2 rings (SSSR count). The van der Waals surface area contributed by atoms with E-state index in [1.165, 1.54) is 4.88 Å². The van der Waals surface area contributed by atoms with Gasteiger partial charge < -0.3 is 5.32 Å². The zero-order valence-electron chi connectivity index (χ0n) is 10.5. The van der Waals surface area contributed by atoms with E-state index in [0.717, 1.165) is 18.8 Å². The third-order valence-corrected chi connectivity index (χ3v) is 3.06. The molecule has 2 aromatic heterocycles. The molecule has 4 nitrogen and oxygen atoms in total. The van der Waals surface area contributed by atoms with Crippen molar-refractivity contribution in [2.45, 2.75) is 39.4 Å². The molecule has 0 bridgehead atoms. The standard InChI is InChI=1S/C12H18N4S/c1-12(2,3)14-6-10-4-5-16(15-10)8-11-7-13-9-17-11/h4-5,7,9,14H,6,8H2,1-3H3. The molecule has 5 heteroatoms. The first kappa shape index (κ1) is 12.3. The van der Waals surface area contributed by atoms with E-state index in [9.17, 15) is 0 Å². The van der Waals surface area contributed by atoms with Crippen LogP contribution in [-0.4, -0.2) is 20.3 Å². The van der Waals surface area contributed by atoms with Crippen LogP contribution in [-0.2, 0) is 13.1 Å². The normalized spacial score (nSPS) is 11.9. The van der Waals surface area contributed by atoms with E-state index < -0.39 is 0 Å². The van der Waals surface area contributed by atoms with Crippen molar-refractivity contribution in [3.05, 3.63) is 34.5 Å². The Morgan fingerprint density at radius 2 is 2.24 bits per heavy atom. The number of thiazole rings is 1.